The van der Waals surface area contributed by atoms with E-state index in [0.29, 0.717) is 17.9 Å². The predicted molar refractivity (Wildman–Crippen MR) is 111 cm³/mol. The lowest BCUT2D eigenvalue weighted by Gasteiger charge is -2.34. The third-order valence-electron chi connectivity index (χ3n) is 5.37. The maximum Gasteiger partial charge on any atom is 0.268 e. The van der Waals surface area contributed by atoms with Crippen molar-refractivity contribution in [2.45, 2.75) is 38.2 Å². The molecule has 0 radical (unpaired) electrons. The molecule has 0 spiro atoms. The second kappa shape index (κ2) is 7.12. The number of benzene rings is 3. The largest absolute Gasteiger partial charge is 0.475 e. The molecule has 2 atom stereocenters. The summed E-state index contributed by atoms with van der Waals surface area (Å²) in [6, 6.07) is 21.6. The highest BCUT2D eigenvalue weighted by atomic mass is 16.5. The van der Waals surface area contributed by atoms with E-state index in [1.165, 1.54) is 0 Å². The highest BCUT2D eigenvalue weighted by Crippen LogP contribution is 2.36. The van der Waals surface area contributed by atoms with Gasteiger partial charge in [0, 0.05) is 6.42 Å². The van der Waals surface area contributed by atoms with Crippen LogP contribution in [0.5, 0.6) is 5.75 Å². The molecule has 4 nitrogen and oxygen atoms in total. The van der Waals surface area contributed by atoms with Gasteiger partial charge in [-0.05, 0) is 41.3 Å². The molecular formula is C24H23NO3. The van der Waals surface area contributed by atoms with Crippen LogP contribution < -0.4 is 10.1 Å². The van der Waals surface area contributed by atoms with Crippen LogP contribution in [0.3, 0.4) is 0 Å². The predicted octanol–water partition coefficient (Wildman–Crippen LogP) is 5.08. The van der Waals surface area contributed by atoms with Gasteiger partial charge in [0.05, 0.1) is 12.1 Å². The zero-order valence-corrected chi connectivity index (χ0v) is 16.1. The molecule has 1 unspecified atom stereocenters. The minimum atomic E-state index is -1.19. The van der Waals surface area contributed by atoms with Gasteiger partial charge < -0.3 is 10.1 Å². The molecule has 0 saturated heterocycles. The maximum atomic E-state index is 12.8. The van der Waals surface area contributed by atoms with E-state index >= 15 is 0 Å². The highest BCUT2D eigenvalue weighted by molar-refractivity contribution is 6.03. The monoisotopic (exact) mass is 373 g/mol. The second-order valence-corrected chi connectivity index (χ2v) is 7.67. The number of carbonyl (C=O) groups is 2. The third-order valence-corrected chi connectivity index (χ3v) is 5.37. The number of ether oxygens (including phenoxy) is 1. The standard InChI is InChI=1S/C24H23NO3/c1-16(19-11-7-9-17-8-3-4-10-20(17)19)14-18(26)15-24(2)23(27)25-21-12-5-6-13-22(21)28-24/h3-13,16H,14-15H2,1-2H3,(H,25,27)/t16-,24?/m0/s1. The summed E-state index contributed by atoms with van der Waals surface area (Å²) in [6.45, 7) is 3.73. The fourth-order valence-corrected chi connectivity index (χ4v) is 3.90. The van der Waals surface area contributed by atoms with Crippen molar-refractivity contribution in [2.75, 3.05) is 5.32 Å². The molecule has 1 N–H and O–H groups in total. The average Bonchev–Trinajstić information content (AvgIpc) is 2.68. The Kier molecular flexibility index (Phi) is 4.63. The van der Waals surface area contributed by atoms with Gasteiger partial charge in [0.15, 0.2) is 5.60 Å². The molecule has 1 heterocycles. The molecule has 0 saturated carbocycles. The topological polar surface area (TPSA) is 55.4 Å². The van der Waals surface area contributed by atoms with Crippen LogP contribution in [0.2, 0.25) is 0 Å². The maximum absolute atomic E-state index is 12.8. The number of anilines is 1. The van der Waals surface area contributed by atoms with Crippen molar-refractivity contribution in [2.24, 2.45) is 0 Å². The van der Waals surface area contributed by atoms with E-state index < -0.39 is 5.60 Å². The van der Waals surface area contributed by atoms with Gasteiger partial charge in [-0.15, -0.1) is 0 Å². The fraction of sp³-hybridized carbons (Fsp3) is 0.250. The van der Waals surface area contributed by atoms with Crippen molar-refractivity contribution in [1.82, 2.24) is 0 Å². The Bertz CT molecular complexity index is 1050. The summed E-state index contributed by atoms with van der Waals surface area (Å²) in [7, 11) is 0. The van der Waals surface area contributed by atoms with Crippen molar-refractivity contribution in [3.05, 3.63) is 72.3 Å². The van der Waals surface area contributed by atoms with Gasteiger partial charge in [0.2, 0.25) is 0 Å². The molecule has 3 aromatic rings. The number of hydrogen-bond donors (Lipinski definition) is 1. The lowest BCUT2D eigenvalue weighted by atomic mass is 9.87. The summed E-state index contributed by atoms with van der Waals surface area (Å²) in [5.74, 6) is 0.385. The quantitative estimate of drug-likeness (QED) is 0.678. The number of ketones is 1. The summed E-state index contributed by atoms with van der Waals surface area (Å²) >= 11 is 0. The van der Waals surface area contributed by atoms with Crippen LogP contribution in [-0.2, 0) is 9.59 Å². The Labute approximate surface area is 164 Å². The number of carbonyl (C=O) groups excluding carboxylic acids is 2. The summed E-state index contributed by atoms with van der Waals surface area (Å²) in [5, 5.41) is 5.18. The Morgan fingerprint density at radius 3 is 2.61 bits per heavy atom. The first-order valence-electron chi connectivity index (χ1n) is 9.55. The first kappa shape index (κ1) is 18.2. The number of para-hydroxylation sites is 2. The molecular weight excluding hydrogens is 350 g/mol. The van der Waals surface area contributed by atoms with Crippen molar-refractivity contribution in [1.29, 1.82) is 0 Å². The van der Waals surface area contributed by atoms with Gasteiger partial charge in [-0.2, -0.15) is 0 Å². The van der Waals surface area contributed by atoms with E-state index in [0.717, 1.165) is 16.3 Å². The Hall–Kier alpha value is -3.14. The van der Waals surface area contributed by atoms with Gasteiger partial charge in [-0.25, -0.2) is 0 Å². The summed E-state index contributed by atoms with van der Waals surface area (Å²) in [5.41, 5.74) is 0.599. The van der Waals surface area contributed by atoms with E-state index in [2.05, 4.69) is 36.5 Å². The first-order chi connectivity index (χ1) is 13.5. The zero-order chi connectivity index (χ0) is 19.7. The lowest BCUT2D eigenvalue weighted by molar-refractivity contribution is -0.137. The summed E-state index contributed by atoms with van der Waals surface area (Å²) in [4.78, 5) is 25.4. The number of hydrogen-bond acceptors (Lipinski definition) is 3. The first-order valence-corrected chi connectivity index (χ1v) is 9.55. The molecule has 142 valence electrons. The van der Waals surface area contributed by atoms with E-state index in [4.69, 9.17) is 4.74 Å². The van der Waals surface area contributed by atoms with Crippen molar-refractivity contribution in [3.8, 4) is 5.75 Å². The third kappa shape index (κ3) is 3.38. The number of fused-ring (bicyclic) bond motifs is 2. The summed E-state index contributed by atoms with van der Waals surface area (Å²) < 4.78 is 5.93. The van der Waals surface area contributed by atoms with Crippen LogP contribution in [0.25, 0.3) is 10.8 Å². The molecule has 0 aromatic heterocycles. The van der Waals surface area contributed by atoms with Gasteiger partial charge in [-0.3, -0.25) is 9.59 Å². The fourth-order valence-electron chi connectivity index (χ4n) is 3.90. The van der Waals surface area contributed by atoms with Crippen molar-refractivity contribution < 1.29 is 14.3 Å². The normalized spacial score (nSPS) is 19.4. The number of rotatable bonds is 5. The van der Waals surface area contributed by atoms with E-state index in [1.54, 1.807) is 19.1 Å². The molecule has 1 amide bonds. The van der Waals surface area contributed by atoms with Crippen molar-refractivity contribution >= 4 is 28.2 Å². The second-order valence-electron chi connectivity index (χ2n) is 7.67. The molecule has 0 bridgehead atoms. The Balaban J connectivity index is 1.50. The zero-order valence-electron chi connectivity index (χ0n) is 16.1. The number of nitrogens with one attached hydrogen (secondary N) is 1. The van der Waals surface area contributed by atoms with Crippen LogP contribution >= 0.6 is 0 Å². The van der Waals surface area contributed by atoms with Crippen LogP contribution in [-0.4, -0.2) is 17.3 Å². The number of Topliss-reactive ketones (excluding diaryl/α,β-unsaturated/α-hetero) is 1. The van der Waals surface area contributed by atoms with Crippen LogP contribution in [0.15, 0.2) is 66.7 Å². The summed E-state index contributed by atoms with van der Waals surface area (Å²) in [6.07, 6.45) is 0.407. The highest BCUT2D eigenvalue weighted by Gasteiger charge is 2.41. The van der Waals surface area contributed by atoms with E-state index in [9.17, 15) is 9.59 Å². The van der Waals surface area contributed by atoms with Crippen molar-refractivity contribution in [3.63, 3.8) is 0 Å². The molecule has 1 aliphatic rings. The molecule has 4 rings (SSSR count). The molecule has 0 fully saturated rings. The van der Waals surface area contributed by atoms with E-state index in [1.807, 2.05) is 30.3 Å². The Morgan fingerprint density at radius 2 is 1.75 bits per heavy atom. The molecule has 3 aromatic carbocycles. The minimum Gasteiger partial charge on any atom is -0.475 e. The average molecular weight is 373 g/mol. The SMILES string of the molecule is C[C@@H](CC(=O)CC1(C)Oc2ccccc2NC1=O)c1cccc2ccccc12. The van der Waals surface area contributed by atoms with Gasteiger partial charge in [0.25, 0.3) is 5.91 Å². The molecule has 28 heavy (non-hydrogen) atoms. The molecule has 4 heteroatoms. The van der Waals surface area contributed by atoms with Crippen LogP contribution in [0.1, 0.15) is 38.2 Å². The van der Waals surface area contributed by atoms with Crippen LogP contribution in [0, 0.1) is 0 Å². The Morgan fingerprint density at radius 1 is 1.04 bits per heavy atom. The van der Waals surface area contributed by atoms with Gasteiger partial charge in [0.1, 0.15) is 11.5 Å². The van der Waals surface area contributed by atoms with Gasteiger partial charge in [-0.1, -0.05) is 61.5 Å². The molecule has 1 aliphatic heterocycles. The van der Waals surface area contributed by atoms with E-state index in [-0.39, 0.29) is 24.0 Å². The van der Waals surface area contributed by atoms with Gasteiger partial charge >= 0.3 is 0 Å². The number of amides is 1. The minimum absolute atomic E-state index is 0.0115. The van der Waals surface area contributed by atoms with Crippen LogP contribution in [0.4, 0.5) is 5.69 Å². The lowest BCUT2D eigenvalue weighted by Crippen LogP contribution is -2.49. The smallest absolute Gasteiger partial charge is 0.268 e. The molecule has 0 aliphatic carbocycles.